The van der Waals surface area contributed by atoms with Crippen LogP contribution < -0.4 is 14.8 Å². The van der Waals surface area contributed by atoms with E-state index in [9.17, 15) is 9.90 Å². The van der Waals surface area contributed by atoms with E-state index in [-0.39, 0.29) is 5.92 Å². The Labute approximate surface area is 172 Å². The molecule has 2 aromatic carbocycles. The monoisotopic (exact) mass is 455 g/mol. The molecule has 2 rings (SSSR count). The van der Waals surface area contributed by atoms with Crippen molar-refractivity contribution in [2.75, 3.05) is 7.11 Å². The number of ether oxygens (including phenoxy) is 2. The molecule has 2 aromatic rings. The molecule has 0 spiro atoms. The van der Waals surface area contributed by atoms with E-state index in [1.807, 2.05) is 50.2 Å². The van der Waals surface area contributed by atoms with Crippen LogP contribution in [-0.4, -0.2) is 24.2 Å². The maximum Gasteiger partial charge on any atom is 0.320 e. The molecule has 27 heavy (non-hydrogen) atoms. The van der Waals surface area contributed by atoms with E-state index in [2.05, 4.69) is 21.2 Å². The normalized spacial score (nSPS) is 12.1. The van der Waals surface area contributed by atoms with Crippen molar-refractivity contribution in [3.8, 4) is 11.5 Å². The molecule has 0 radical (unpaired) electrons. The van der Waals surface area contributed by atoms with Gasteiger partial charge in [-0.1, -0.05) is 37.6 Å². The van der Waals surface area contributed by atoms with E-state index < -0.39 is 12.0 Å². The van der Waals surface area contributed by atoms with E-state index in [0.717, 1.165) is 15.6 Å². The maximum absolute atomic E-state index is 11.3. The summed E-state index contributed by atoms with van der Waals surface area (Å²) in [7, 11) is 1.57. The summed E-state index contributed by atoms with van der Waals surface area (Å²) < 4.78 is 12.1. The van der Waals surface area contributed by atoms with Gasteiger partial charge in [-0.2, -0.15) is 0 Å². The van der Waals surface area contributed by atoms with E-state index in [0.29, 0.717) is 29.7 Å². The summed E-state index contributed by atoms with van der Waals surface area (Å²) in [5.74, 6) is 0.287. The number of nitrogens with one attached hydrogen (secondary N) is 1. The van der Waals surface area contributed by atoms with Gasteiger partial charge in [-0.25, -0.2) is 0 Å². The fourth-order valence-electron chi connectivity index (χ4n) is 2.59. The summed E-state index contributed by atoms with van der Waals surface area (Å²) in [6, 6.07) is 10.6. The van der Waals surface area contributed by atoms with E-state index in [1.165, 1.54) is 0 Å². The average molecular weight is 457 g/mol. The molecule has 5 nitrogen and oxygen atoms in total. The summed E-state index contributed by atoms with van der Waals surface area (Å²) in [6.07, 6.45) is 0. The third kappa shape index (κ3) is 6.13. The topological polar surface area (TPSA) is 67.8 Å². The van der Waals surface area contributed by atoms with Crippen LogP contribution in [0.2, 0.25) is 5.02 Å². The highest BCUT2D eigenvalue weighted by molar-refractivity contribution is 9.10. The average Bonchev–Trinajstić information content (AvgIpc) is 2.61. The number of carboxylic acid groups (broad SMARTS) is 1. The van der Waals surface area contributed by atoms with E-state index in [4.69, 9.17) is 21.1 Å². The van der Waals surface area contributed by atoms with Gasteiger partial charge in [0.25, 0.3) is 0 Å². The molecule has 0 amide bonds. The Bertz CT molecular complexity index is 780. The highest BCUT2D eigenvalue weighted by Crippen LogP contribution is 2.37. The molecule has 1 atom stereocenters. The zero-order chi connectivity index (χ0) is 20.0. The minimum Gasteiger partial charge on any atom is -0.493 e. The molecule has 0 aromatic heterocycles. The predicted molar refractivity (Wildman–Crippen MR) is 110 cm³/mol. The Morgan fingerprint density at radius 1 is 1.22 bits per heavy atom. The Morgan fingerprint density at radius 3 is 2.44 bits per heavy atom. The minimum absolute atomic E-state index is 0.0187. The van der Waals surface area contributed by atoms with Crippen LogP contribution in [0.25, 0.3) is 0 Å². The molecule has 7 heteroatoms. The van der Waals surface area contributed by atoms with Gasteiger partial charge in [0.05, 0.1) is 11.6 Å². The van der Waals surface area contributed by atoms with Gasteiger partial charge in [0.15, 0.2) is 11.5 Å². The van der Waals surface area contributed by atoms with Gasteiger partial charge in [-0.3, -0.25) is 4.79 Å². The van der Waals surface area contributed by atoms with Crippen LogP contribution in [0.3, 0.4) is 0 Å². The predicted octanol–water partition coefficient (Wildman–Crippen LogP) is 4.89. The van der Waals surface area contributed by atoms with Crippen LogP contribution in [-0.2, 0) is 17.9 Å². The van der Waals surface area contributed by atoms with Gasteiger partial charge in [0.1, 0.15) is 12.6 Å². The lowest BCUT2D eigenvalue weighted by molar-refractivity contribution is -0.140. The minimum atomic E-state index is -0.862. The molecule has 2 N–H and O–H groups in total. The van der Waals surface area contributed by atoms with Crippen LogP contribution in [0.1, 0.15) is 25.0 Å². The third-order valence-corrected chi connectivity index (χ3v) is 4.89. The molecule has 1 unspecified atom stereocenters. The summed E-state index contributed by atoms with van der Waals surface area (Å²) in [5, 5.41) is 13.0. The van der Waals surface area contributed by atoms with Crippen molar-refractivity contribution in [3.05, 3.63) is 57.0 Å². The van der Waals surface area contributed by atoms with Gasteiger partial charge in [0.2, 0.25) is 0 Å². The number of hydrogen-bond acceptors (Lipinski definition) is 4. The van der Waals surface area contributed by atoms with Gasteiger partial charge in [-0.15, -0.1) is 0 Å². The molecule has 0 aliphatic rings. The number of carboxylic acids is 1. The first kappa shape index (κ1) is 21.5. The van der Waals surface area contributed by atoms with Crippen molar-refractivity contribution in [2.24, 2.45) is 5.92 Å². The lowest BCUT2D eigenvalue weighted by atomic mass is 10.0. The van der Waals surface area contributed by atoms with Crippen LogP contribution in [0.5, 0.6) is 11.5 Å². The molecule has 146 valence electrons. The zero-order valence-corrected chi connectivity index (χ0v) is 17.8. The Balaban J connectivity index is 2.11. The van der Waals surface area contributed by atoms with Crippen LogP contribution >= 0.6 is 27.5 Å². The van der Waals surface area contributed by atoms with Crippen molar-refractivity contribution in [1.29, 1.82) is 0 Å². The zero-order valence-electron chi connectivity index (χ0n) is 15.5. The fourth-order valence-corrected chi connectivity index (χ4v) is 3.32. The summed E-state index contributed by atoms with van der Waals surface area (Å²) in [4.78, 5) is 11.3. The largest absolute Gasteiger partial charge is 0.493 e. The second kappa shape index (κ2) is 9.97. The molecule has 0 saturated carbocycles. The van der Waals surface area contributed by atoms with Gasteiger partial charge in [0, 0.05) is 11.6 Å². The molecule has 0 heterocycles. The lowest BCUT2D eigenvalue weighted by Gasteiger charge is -2.19. The number of benzene rings is 2. The number of rotatable bonds is 9. The maximum atomic E-state index is 11.3. The Hall–Kier alpha value is -1.76. The summed E-state index contributed by atoms with van der Waals surface area (Å²) in [5.41, 5.74) is 1.88. The second-order valence-corrected chi connectivity index (χ2v) is 7.76. The first-order valence-corrected chi connectivity index (χ1v) is 9.68. The van der Waals surface area contributed by atoms with Crippen molar-refractivity contribution in [3.63, 3.8) is 0 Å². The number of carbonyl (C=O) groups is 1. The third-order valence-electron chi connectivity index (χ3n) is 4.04. The second-order valence-electron chi connectivity index (χ2n) is 6.46. The Morgan fingerprint density at radius 2 is 1.89 bits per heavy atom. The highest BCUT2D eigenvalue weighted by Gasteiger charge is 2.21. The van der Waals surface area contributed by atoms with Crippen molar-refractivity contribution >= 4 is 33.5 Å². The quantitative estimate of drug-likeness (QED) is 0.562. The Kier molecular flexibility index (Phi) is 7.95. The molecule has 0 bridgehead atoms. The number of hydrogen-bond donors (Lipinski definition) is 2. The lowest BCUT2D eigenvalue weighted by Crippen LogP contribution is -2.40. The standard InChI is InChI=1S/C20H23BrClNO4/c1-12(2)18(20(24)25)23-10-14-8-16(21)19(17(9-14)26-3)27-11-13-4-6-15(22)7-5-13/h4-9,12,18,23H,10-11H2,1-3H3,(H,24,25). The van der Waals surface area contributed by atoms with E-state index >= 15 is 0 Å². The van der Waals surface area contributed by atoms with Gasteiger partial charge in [-0.05, 0) is 57.2 Å². The highest BCUT2D eigenvalue weighted by atomic mass is 79.9. The van der Waals surface area contributed by atoms with Crippen LogP contribution in [0.15, 0.2) is 40.9 Å². The first-order valence-electron chi connectivity index (χ1n) is 8.51. The summed E-state index contributed by atoms with van der Waals surface area (Å²) in [6.45, 7) is 4.52. The molecule has 0 saturated heterocycles. The fraction of sp³-hybridized carbons (Fsp3) is 0.350. The van der Waals surface area contributed by atoms with Crippen LogP contribution in [0.4, 0.5) is 0 Å². The summed E-state index contributed by atoms with van der Waals surface area (Å²) >= 11 is 9.42. The van der Waals surface area contributed by atoms with Crippen molar-refractivity contribution in [2.45, 2.75) is 33.0 Å². The number of methoxy groups -OCH3 is 1. The molecular formula is C20H23BrClNO4. The smallest absolute Gasteiger partial charge is 0.320 e. The SMILES string of the molecule is COc1cc(CNC(C(=O)O)C(C)C)cc(Br)c1OCc1ccc(Cl)cc1. The molecule has 0 aliphatic heterocycles. The number of aliphatic carboxylic acids is 1. The van der Waals surface area contributed by atoms with E-state index in [1.54, 1.807) is 7.11 Å². The molecular weight excluding hydrogens is 434 g/mol. The van der Waals surface area contributed by atoms with Crippen molar-refractivity contribution in [1.82, 2.24) is 5.32 Å². The number of halogens is 2. The molecule has 0 aliphatic carbocycles. The molecule has 0 fully saturated rings. The first-order chi connectivity index (χ1) is 12.8. The van der Waals surface area contributed by atoms with Gasteiger partial charge < -0.3 is 19.9 Å². The van der Waals surface area contributed by atoms with Crippen LogP contribution in [0, 0.1) is 5.92 Å². The van der Waals surface area contributed by atoms with Gasteiger partial charge >= 0.3 is 5.97 Å². The van der Waals surface area contributed by atoms with Crippen molar-refractivity contribution < 1.29 is 19.4 Å².